The molecule has 0 fully saturated rings. The molecular weight excluding hydrogens is 260 g/mol. The molecule has 2 unspecified atom stereocenters. The number of halogens is 4. The van der Waals surface area contributed by atoms with Crippen molar-refractivity contribution in [1.82, 2.24) is 0 Å². The Morgan fingerprint density at radius 3 is 2.53 bits per heavy atom. The maximum Gasteiger partial charge on any atom is 0.419 e. The molecule has 1 aliphatic carbocycles. The summed E-state index contributed by atoms with van der Waals surface area (Å²) in [5.41, 5.74) is -1.20. The second-order valence-corrected chi connectivity index (χ2v) is 4.73. The summed E-state index contributed by atoms with van der Waals surface area (Å²) in [7, 11) is 0. The van der Waals surface area contributed by atoms with Gasteiger partial charge in [0.25, 0.3) is 0 Å². The number of rotatable bonds is 2. The first-order valence-electron chi connectivity index (χ1n) is 6.09. The van der Waals surface area contributed by atoms with Crippen LogP contribution in [0.25, 0.3) is 0 Å². The summed E-state index contributed by atoms with van der Waals surface area (Å²) in [4.78, 5) is 0. The van der Waals surface area contributed by atoms with E-state index in [-0.39, 0.29) is 11.5 Å². The van der Waals surface area contributed by atoms with E-state index in [0.717, 1.165) is 18.9 Å². The van der Waals surface area contributed by atoms with Crippen LogP contribution in [0.3, 0.4) is 0 Å². The van der Waals surface area contributed by atoms with Crippen molar-refractivity contribution in [3.05, 3.63) is 47.3 Å². The average Bonchev–Trinajstić information content (AvgIpc) is 2.38. The molecule has 5 heteroatoms. The van der Waals surface area contributed by atoms with Gasteiger partial charge in [0.1, 0.15) is 5.82 Å². The van der Waals surface area contributed by atoms with E-state index in [1.54, 1.807) is 0 Å². The zero-order chi connectivity index (χ0) is 14.0. The highest BCUT2D eigenvalue weighted by molar-refractivity contribution is 5.29. The van der Waals surface area contributed by atoms with Crippen LogP contribution in [0.4, 0.5) is 17.6 Å². The van der Waals surface area contributed by atoms with E-state index in [1.165, 1.54) is 6.07 Å². The van der Waals surface area contributed by atoms with Gasteiger partial charge < -0.3 is 5.11 Å². The molecular formula is C14H14F4O. The van der Waals surface area contributed by atoms with E-state index in [4.69, 9.17) is 0 Å². The first-order valence-corrected chi connectivity index (χ1v) is 6.09. The predicted octanol–water partition coefficient (Wildman–Crippen LogP) is 4.23. The summed E-state index contributed by atoms with van der Waals surface area (Å²) < 4.78 is 51.0. The molecule has 19 heavy (non-hydrogen) atoms. The van der Waals surface area contributed by atoms with Crippen LogP contribution in [-0.4, -0.2) is 5.11 Å². The largest absolute Gasteiger partial charge is 0.419 e. The van der Waals surface area contributed by atoms with Gasteiger partial charge in [0.15, 0.2) is 0 Å². The molecule has 0 saturated carbocycles. The maximum atomic E-state index is 13.2. The van der Waals surface area contributed by atoms with Crippen molar-refractivity contribution in [2.45, 2.75) is 31.5 Å². The Kier molecular flexibility index (Phi) is 3.94. The molecule has 1 N–H and O–H groups in total. The fraction of sp³-hybridized carbons (Fsp3) is 0.429. The van der Waals surface area contributed by atoms with E-state index in [1.807, 2.05) is 12.2 Å². The van der Waals surface area contributed by atoms with Gasteiger partial charge in [-0.2, -0.15) is 13.2 Å². The molecule has 0 bridgehead atoms. The van der Waals surface area contributed by atoms with Gasteiger partial charge >= 0.3 is 6.18 Å². The normalized spacial score (nSPS) is 21.4. The summed E-state index contributed by atoms with van der Waals surface area (Å²) in [6, 6.07) is 2.69. The van der Waals surface area contributed by atoms with Gasteiger partial charge in [0.2, 0.25) is 0 Å². The first kappa shape index (κ1) is 14.1. The molecule has 1 aromatic rings. The zero-order valence-corrected chi connectivity index (χ0v) is 10.1. The molecule has 0 heterocycles. The summed E-state index contributed by atoms with van der Waals surface area (Å²) >= 11 is 0. The van der Waals surface area contributed by atoms with E-state index in [2.05, 4.69) is 0 Å². The lowest BCUT2D eigenvalue weighted by Gasteiger charge is -2.24. The van der Waals surface area contributed by atoms with Crippen LogP contribution >= 0.6 is 0 Å². The van der Waals surface area contributed by atoms with Gasteiger partial charge in [0, 0.05) is 0 Å². The Bertz CT molecular complexity index is 479. The van der Waals surface area contributed by atoms with Crippen molar-refractivity contribution in [3.63, 3.8) is 0 Å². The molecule has 0 amide bonds. The second kappa shape index (κ2) is 5.33. The lowest BCUT2D eigenvalue weighted by atomic mass is 9.85. The molecule has 0 saturated heterocycles. The minimum atomic E-state index is -4.74. The van der Waals surface area contributed by atoms with Crippen molar-refractivity contribution >= 4 is 0 Å². The SMILES string of the molecule is OC(c1ccc(F)c(C(F)(F)F)c1)C1CC=CCC1. The van der Waals surface area contributed by atoms with Gasteiger partial charge in [-0.15, -0.1) is 0 Å². The topological polar surface area (TPSA) is 20.2 Å². The summed E-state index contributed by atoms with van der Waals surface area (Å²) in [6.45, 7) is 0. The van der Waals surface area contributed by atoms with Crippen molar-refractivity contribution in [2.24, 2.45) is 5.92 Å². The third kappa shape index (κ3) is 3.15. The number of hydrogen-bond donors (Lipinski definition) is 1. The van der Waals surface area contributed by atoms with Gasteiger partial charge in [-0.25, -0.2) is 4.39 Å². The number of aliphatic hydroxyl groups is 1. The Morgan fingerprint density at radius 2 is 1.95 bits per heavy atom. The number of allylic oxidation sites excluding steroid dienone is 2. The number of hydrogen-bond acceptors (Lipinski definition) is 1. The monoisotopic (exact) mass is 274 g/mol. The van der Waals surface area contributed by atoms with Crippen LogP contribution in [-0.2, 0) is 6.18 Å². The molecule has 1 aliphatic rings. The van der Waals surface area contributed by atoms with Crippen molar-refractivity contribution in [2.75, 3.05) is 0 Å². The Labute approximate surface area is 108 Å². The average molecular weight is 274 g/mol. The van der Waals surface area contributed by atoms with Crippen LogP contribution < -0.4 is 0 Å². The molecule has 2 atom stereocenters. The predicted molar refractivity (Wildman–Crippen MR) is 62.8 cm³/mol. The van der Waals surface area contributed by atoms with Crippen molar-refractivity contribution in [1.29, 1.82) is 0 Å². The number of aliphatic hydroxyl groups excluding tert-OH is 1. The Balaban J connectivity index is 2.27. The summed E-state index contributed by atoms with van der Waals surface area (Å²) in [5.74, 6) is -1.43. The number of alkyl halides is 3. The first-order chi connectivity index (χ1) is 8.89. The highest BCUT2D eigenvalue weighted by atomic mass is 19.4. The standard InChI is InChI=1S/C14H14F4O/c15-12-7-6-10(8-11(12)14(16,17)18)13(19)9-4-2-1-3-5-9/h1-2,6-9,13,19H,3-5H2. The molecule has 0 spiro atoms. The smallest absolute Gasteiger partial charge is 0.388 e. The van der Waals surface area contributed by atoms with Gasteiger partial charge in [-0.1, -0.05) is 18.2 Å². The van der Waals surface area contributed by atoms with Crippen molar-refractivity contribution in [3.8, 4) is 0 Å². The lowest BCUT2D eigenvalue weighted by Crippen LogP contribution is -2.16. The highest BCUT2D eigenvalue weighted by Gasteiger charge is 2.35. The van der Waals surface area contributed by atoms with Crippen LogP contribution in [0.5, 0.6) is 0 Å². The quantitative estimate of drug-likeness (QED) is 0.632. The number of benzene rings is 1. The second-order valence-electron chi connectivity index (χ2n) is 4.73. The fourth-order valence-electron chi connectivity index (χ4n) is 2.32. The summed E-state index contributed by atoms with van der Waals surface area (Å²) in [6.07, 6.45) is 0.296. The van der Waals surface area contributed by atoms with E-state index in [0.29, 0.717) is 12.5 Å². The summed E-state index contributed by atoms with van der Waals surface area (Å²) in [5, 5.41) is 10.1. The van der Waals surface area contributed by atoms with E-state index in [9.17, 15) is 22.7 Å². The molecule has 0 aliphatic heterocycles. The maximum absolute atomic E-state index is 13.2. The van der Waals surface area contributed by atoms with E-state index < -0.39 is 23.7 Å². The van der Waals surface area contributed by atoms with Gasteiger partial charge in [0.05, 0.1) is 11.7 Å². The Hall–Kier alpha value is -1.36. The third-order valence-electron chi connectivity index (χ3n) is 3.39. The lowest BCUT2D eigenvalue weighted by molar-refractivity contribution is -0.140. The molecule has 2 rings (SSSR count). The fourth-order valence-corrected chi connectivity index (χ4v) is 2.32. The highest BCUT2D eigenvalue weighted by Crippen LogP contribution is 2.36. The molecule has 1 aromatic carbocycles. The molecule has 0 aromatic heterocycles. The van der Waals surface area contributed by atoms with Crippen LogP contribution in [0.1, 0.15) is 36.5 Å². The minimum Gasteiger partial charge on any atom is -0.388 e. The van der Waals surface area contributed by atoms with Gasteiger partial charge in [-0.05, 0) is 42.9 Å². The van der Waals surface area contributed by atoms with Gasteiger partial charge in [-0.3, -0.25) is 0 Å². The zero-order valence-electron chi connectivity index (χ0n) is 10.1. The Morgan fingerprint density at radius 1 is 1.21 bits per heavy atom. The van der Waals surface area contributed by atoms with Crippen LogP contribution in [0, 0.1) is 11.7 Å². The minimum absolute atomic E-state index is 0.114. The van der Waals surface area contributed by atoms with E-state index >= 15 is 0 Å². The molecule has 0 radical (unpaired) electrons. The van der Waals surface area contributed by atoms with Crippen LogP contribution in [0.2, 0.25) is 0 Å². The van der Waals surface area contributed by atoms with Crippen LogP contribution in [0.15, 0.2) is 30.4 Å². The molecule has 1 nitrogen and oxygen atoms in total. The van der Waals surface area contributed by atoms with Crippen molar-refractivity contribution < 1.29 is 22.7 Å². The molecule has 104 valence electrons. The third-order valence-corrected chi connectivity index (χ3v) is 3.39.